The van der Waals surface area contributed by atoms with Gasteiger partial charge in [-0.1, -0.05) is 37.5 Å². The molecule has 1 aromatic carbocycles. The zero-order chi connectivity index (χ0) is 22.7. The fraction of sp³-hybridized carbons (Fsp3) is 0.500. The second-order valence-corrected chi connectivity index (χ2v) is 9.29. The van der Waals surface area contributed by atoms with Crippen molar-refractivity contribution in [3.05, 3.63) is 69.1 Å². The van der Waals surface area contributed by atoms with Crippen LogP contribution in [-0.4, -0.2) is 33.9 Å². The highest BCUT2D eigenvalue weighted by atomic mass is 16.2. The highest BCUT2D eigenvalue weighted by Gasteiger charge is 2.31. The molecule has 0 radical (unpaired) electrons. The van der Waals surface area contributed by atoms with E-state index in [0.717, 1.165) is 44.1 Å². The number of pyridine rings is 1. The number of amides is 2. The Morgan fingerprint density at radius 1 is 0.969 bits per heavy atom. The lowest BCUT2D eigenvalue weighted by Gasteiger charge is -2.26. The maximum absolute atomic E-state index is 13.4. The molecule has 2 aromatic rings. The van der Waals surface area contributed by atoms with Crippen LogP contribution in [-0.2, 0) is 11.3 Å². The van der Waals surface area contributed by atoms with Crippen LogP contribution in [0.25, 0.3) is 0 Å². The van der Waals surface area contributed by atoms with E-state index < -0.39 is 0 Å². The molecule has 1 saturated carbocycles. The van der Waals surface area contributed by atoms with Crippen LogP contribution >= 0.6 is 0 Å². The first-order valence-electron chi connectivity index (χ1n) is 11.8. The molecule has 1 aliphatic heterocycles. The number of aromatic nitrogens is 1. The van der Waals surface area contributed by atoms with Crippen LogP contribution in [0, 0.1) is 13.8 Å². The summed E-state index contributed by atoms with van der Waals surface area (Å²) in [5, 5.41) is 3.04. The van der Waals surface area contributed by atoms with Crippen LogP contribution in [0.1, 0.15) is 78.0 Å². The summed E-state index contributed by atoms with van der Waals surface area (Å²) in [7, 11) is 0. The molecule has 170 valence electrons. The minimum Gasteiger partial charge on any atom is -0.352 e. The maximum Gasteiger partial charge on any atom is 0.255 e. The third-order valence-corrected chi connectivity index (χ3v) is 6.94. The second-order valence-electron chi connectivity index (χ2n) is 9.29. The Morgan fingerprint density at radius 2 is 1.75 bits per heavy atom. The summed E-state index contributed by atoms with van der Waals surface area (Å²) in [6.07, 6.45) is 8.89. The van der Waals surface area contributed by atoms with Crippen LogP contribution < -0.4 is 10.9 Å². The summed E-state index contributed by atoms with van der Waals surface area (Å²) in [6.45, 7) is 4.81. The van der Waals surface area contributed by atoms with Crippen molar-refractivity contribution in [2.75, 3.05) is 6.54 Å². The van der Waals surface area contributed by atoms with Crippen molar-refractivity contribution in [1.82, 2.24) is 14.8 Å². The fourth-order valence-corrected chi connectivity index (χ4v) is 4.95. The van der Waals surface area contributed by atoms with E-state index in [2.05, 4.69) is 37.4 Å². The number of aryl methyl sites for hydroxylation is 2. The van der Waals surface area contributed by atoms with Gasteiger partial charge in [-0.2, -0.15) is 0 Å². The van der Waals surface area contributed by atoms with E-state index in [1.165, 1.54) is 28.2 Å². The largest absolute Gasteiger partial charge is 0.352 e. The number of nitrogens with one attached hydrogen (secondary N) is 1. The first kappa shape index (κ1) is 22.3. The molecular weight excluding hydrogens is 402 g/mol. The normalized spacial score (nSPS) is 19.2. The summed E-state index contributed by atoms with van der Waals surface area (Å²) < 4.78 is 1.35. The topological polar surface area (TPSA) is 71.4 Å². The van der Waals surface area contributed by atoms with Crippen LogP contribution in [0.3, 0.4) is 0 Å². The van der Waals surface area contributed by atoms with Crippen molar-refractivity contribution in [3.63, 3.8) is 0 Å². The van der Waals surface area contributed by atoms with Crippen molar-refractivity contribution in [3.8, 4) is 0 Å². The van der Waals surface area contributed by atoms with Crippen LogP contribution in [0.2, 0.25) is 0 Å². The van der Waals surface area contributed by atoms with E-state index in [4.69, 9.17) is 0 Å². The molecule has 1 unspecified atom stereocenters. The summed E-state index contributed by atoms with van der Waals surface area (Å²) in [6, 6.07) is 9.59. The van der Waals surface area contributed by atoms with Gasteiger partial charge < -0.3 is 14.8 Å². The summed E-state index contributed by atoms with van der Waals surface area (Å²) in [5.74, 6) is -0.259. The van der Waals surface area contributed by atoms with Gasteiger partial charge in [-0.15, -0.1) is 0 Å². The predicted octanol–water partition coefficient (Wildman–Crippen LogP) is 3.89. The second kappa shape index (κ2) is 9.72. The standard InChI is InChI=1S/C26H33N3O3/c1-18-10-11-20(15-19(18)2)23-9-6-14-29(23)26(32)21-12-13-25(31)28(16-21)17-24(30)27-22-7-4-3-5-8-22/h10-13,15-16,22-23H,3-9,14,17H2,1-2H3,(H,27,30). The Bertz CT molecular complexity index is 1050. The van der Waals surface area contributed by atoms with Gasteiger partial charge in [-0.05, 0) is 62.3 Å². The summed E-state index contributed by atoms with van der Waals surface area (Å²) >= 11 is 0. The van der Waals surface area contributed by atoms with Crippen molar-refractivity contribution in [1.29, 1.82) is 0 Å². The Morgan fingerprint density at radius 3 is 2.50 bits per heavy atom. The SMILES string of the molecule is Cc1ccc(C2CCCN2C(=O)c2ccc(=O)n(CC(=O)NC3CCCCC3)c2)cc1C. The number of hydrogen-bond acceptors (Lipinski definition) is 3. The minimum atomic E-state index is -0.271. The molecule has 6 heteroatoms. The number of carbonyl (C=O) groups excluding carboxylic acids is 2. The van der Waals surface area contributed by atoms with Gasteiger partial charge in [0.2, 0.25) is 5.91 Å². The van der Waals surface area contributed by atoms with Gasteiger partial charge in [0.05, 0.1) is 11.6 Å². The number of hydrogen-bond donors (Lipinski definition) is 1. The molecule has 1 saturated heterocycles. The first-order valence-corrected chi connectivity index (χ1v) is 11.8. The molecule has 0 bridgehead atoms. The third kappa shape index (κ3) is 4.95. The van der Waals surface area contributed by atoms with E-state index >= 15 is 0 Å². The van der Waals surface area contributed by atoms with Gasteiger partial charge in [-0.3, -0.25) is 14.4 Å². The van der Waals surface area contributed by atoms with Crippen LogP contribution in [0.15, 0.2) is 41.3 Å². The minimum absolute atomic E-state index is 0.0387. The molecule has 6 nitrogen and oxygen atoms in total. The molecule has 0 spiro atoms. The number of carbonyl (C=O) groups is 2. The molecule has 1 aliphatic carbocycles. The number of nitrogens with zero attached hydrogens (tertiary/aromatic N) is 2. The average molecular weight is 436 g/mol. The van der Waals surface area contributed by atoms with Gasteiger partial charge in [-0.25, -0.2) is 0 Å². The van der Waals surface area contributed by atoms with Gasteiger partial charge in [0.1, 0.15) is 6.54 Å². The third-order valence-electron chi connectivity index (χ3n) is 6.94. The van der Waals surface area contributed by atoms with Crippen molar-refractivity contribution < 1.29 is 9.59 Å². The zero-order valence-corrected chi connectivity index (χ0v) is 19.1. The van der Waals surface area contributed by atoms with E-state index in [0.29, 0.717) is 12.1 Å². The monoisotopic (exact) mass is 435 g/mol. The molecule has 4 rings (SSSR count). The lowest BCUT2D eigenvalue weighted by atomic mass is 9.95. The Kier molecular flexibility index (Phi) is 6.77. The summed E-state index contributed by atoms with van der Waals surface area (Å²) in [4.78, 5) is 40.1. The zero-order valence-electron chi connectivity index (χ0n) is 19.1. The molecule has 2 fully saturated rings. The Hall–Kier alpha value is -2.89. The quantitative estimate of drug-likeness (QED) is 0.775. The van der Waals surface area contributed by atoms with Gasteiger partial charge in [0.15, 0.2) is 0 Å². The Labute approximate surface area is 189 Å². The first-order chi connectivity index (χ1) is 15.4. The molecule has 2 amide bonds. The highest BCUT2D eigenvalue weighted by molar-refractivity contribution is 5.94. The predicted molar refractivity (Wildman–Crippen MR) is 125 cm³/mol. The van der Waals surface area contributed by atoms with Crippen molar-refractivity contribution in [2.24, 2.45) is 0 Å². The highest BCUT2D eigenvalue weighted by Crippen LogP contribution is 2.33. The molecule has 1 aromatic heterocycles. The molecule has 1 atom stereocenters. The van der Waals surface area contributed by atoms with Crippen LogP contribution in [0.5, 0.6) is 0 Å². The molecule has 32 heavy (non-hydrogen) atoms. The van der Waals surface area contributed by atoms with Gasteiger partial charge >= 0.3 is 0 Å². The fourth-order valence-electron chi connectivity index (χ4n) is 4.95. The Balaban J connectivity index is 1.49. The molecular formula is C26H33N3O3. The van der Waals surface area contributed by atoms with E-state index in [1.54, 1.807) is 12.3 Å². The number of likely N-dealkylation sites (tertiary alicyclic amines) is 1. The lowest BCUT2D eigenvalue weighted by Crippen LogP contribution is -2.40. The molecule has 2 heterocycles. The van der Waals surface area contributed by atoms with E-state index in [-0.39, 0.29) is 36.0 Å². The van der Waals surface area contributed by atoms with Crippen LogP contribution in [0.4, 0.5) is 0 Å². The lowest BCUT2D eigenvalue weighted by molar-refractivity contribution is -0.122. The van der Waals surface area contributed by atoms with Gasteiger partial charge in [0, 0.05) is 24.8 Å². The smallest absolute Gasteiger partial charge is 0.255 e. The molecule has 1 N–H and O–H groups in total. The average Bonchev–Trinajstić information content (AvgIpc) is 3.27. The molecule has 2 aliphatic rings. The van der Waals surface area contributed by atoms with Gasteiger partial charge in [0.25, 0.3) is 11.5 Å². The maximum atomic E-state index is 13.4. The summed E-state index contributed by atoms with van der Waals surface area (Å²) in [5.41, 5.74) is 3.79. The van der Waals surface area contributed by atoms with E-state index in [1.807, 2.05) is 4.90 Å². The van der Waals surface area contributed by atoms with E-state index in [9.17, 15) is 14.4 Å². The number of rotatable bonds is 5. The number of benzene rings is 1. The van der Waals surface area contributed by atoms with Crippen molar-refractivity contribution in [2.45, 2.75) is 77.4 Å². The van der Waals surface area contributed by atoms with Crippen molar-refractivity contribution >= 4 is 11.8 Å².